The fourth-order valence-electron chi connectivity index (χ4n) is 8.13. The maximum atomic E-state index is 9.73. The van der Waals surface area contributed by atoms with Crippen molar-refractivity contribution in [1.82, 2.24) is 0 Å². The molecule has 0 N–H and O–H groups in total. The number of hydrogen-bond acceptors (Lipinski definition) is 2. The number of fused-ring (bicyclic) bond motifs is 9. The Morgan fingerprint density at radius 1 is 0.389 bits per heavy atom. The molecule has 0 atom stereocenters. The van der Waals surface area contributed by atoms with Crippen LogP contribution in [0, 0.1) is 0 Å². The van der Waals surface area contributed by atoms with E-state index in [1.54, 1.807) is 0 Å². The second kappa shape index (κ2) is 12.2. The molecule has 0 aliphatic carbocycles. The van der Waals surface area contributed by atoms with Crippen molar-refractivity contribution in [3.8, 4) is 22.3 Å². The van der Waals surface area contributed by atoms with E-state index in [-0.39, 0.29) is 35.4 Å². The average Bonchev–Trinajstić information content (AvgIpc) is 3.67. The molecule has 0 bridgehead atoms. The second-order valence-electron chi connectivity index (χ2n) is 13.8. The van der Waals surface area contributed by atoms with E-state index < -0.39 is 0 Å². The first-order chi connectivity index (χ1) is 28.4. The van der Waals surface area contributed by atoms with Gasteiger partial charge in [0.2, 0.25) is 0 Å². The van der Waals surface area contributed by atoms with Crippen molar-refractivity contribution in [2.24, 2.45) is 0 Å². The number of benzene rings is 10. The first kappa shape index (κ1) is 26.6. The lowest BCUT2D eigenvalue weighted by Gasteiger charge is -2.27. The molecule has 1 aromatic heterocycles. The highest BCUT2D eigenvalue weighted by Gasteiger charge is 2.21. The molecule has 0 amide bonds. The average molecular weight is 692 g/mol. The minimum Gasteiger partial charge on any atom is -0.455 e. The lowest BCUT2D eigenvalue weighted by Crippen LogP contribution is -2.10. The van der Waals surface area contributed by atoms with Gasteiger partial charge in [-0.15, -0.1) is 0 Å². The van der Waals surface area contributed by atoms with Crippen LogP contribution in [0.2, 0.25) is 0 Å². The Morgan fingerprint density at radius 2 is 1.02 bits per heavy atom. The molecule has 0 unspecified atom stereocenters. The van der Waals surface area contributed by atoms with Crippen molar-refractivity contribution >= 4 is 82.1 Å². The highest BCUT2D eigenvalue weighted by molar-refractivity contribution is 6.19. The largest absolute Gasteiger partial charge is 0.455 e. The summed E-state index contributed by atoms with van der Waals surface area (Å²) >= 11 is 0. The minimum atomic E-state index is -0.138. The predicted molar refractivity (Wildman–Crippen MR) is 229 cm³/mol. The predicted octanol–water partition coefficient (Wildman–Crippen LogP) is 15.0. The van der Waals surface area contributed by atoms with Gasteiger partial charge >= 0.3 is 0 Å². The lowest BCUT2D eigenvalue weighted by molar-refractivity contribution is 0.672. The molecule has 2 nitrogen and oxygen atoms in total. The molecule has 0 saturated heterocycles. The standard InChI is InChI=1S/C52H33NO/c1-4-16-43-35(10-1)13-8-19-45(43)39-14-7-15-42(33-39)53(49-20-9-21-50-51(49)48-31-26-37-12-3-6-18-47(37)52(48)54-50)41-28-24-34(25-29-41)38-27-30-46-40(32-38)23-22-36-11-2-5-17-44(36)46/h1-33H/i24D,25D,28D,29D. The Morgan fingerprint density at radius 3 is 1.87 bits per heavy atom. The summed E-state index contributed by atoms with van der Waals surface area (Å²) in [5.41, 5.74) is 5.86. The van der Waals surface area contributed by atoms with Crippen LogP contribution in [0.15, 0.2) is 205 Å². The Balaban J connectivity index is 1.17. The summed E-state index contributed by atoms with van der Waals surface area (Å²) in [6.07, 6.45) is 0. The topological polar surface area (TPSA) is 16.4 Å². The van der Waals surface area contributed by atoms with E-state index >= 15 is 0 Å². The fourth-order valence-corrected chi connectivity index (χ4v) is 8.13. The van der Waals surface area contributed by atoms with Crippen LogP contribution in [-0.4, -0.2) is 0 Å². The summed E-state index contributed by atoms with van der Waals surface area (Å²) in [4.78, 5) is 1.89. The number of hydrogen-bond donors (Lipinski definition) is 0. The third-order valence-corrected chi connectivity index (χ3v) is 10.7. The van der Waals surface area contributed by atoms with Gasteiger partial charge in [-0.25, -0.2) is 0 Å². The molecule has 11 aromatic rings. The van der Waals surface area contributed by atoms with E-state index in [1.807, 2.05) is 89.8 Å². The molecule has 1 heterocycles. The molecular weight excluding hydrogens is 655 g/mol. The Labute approximate surface area is 318 Å². The Kier molecular flexibility index (Phi) is 6.02. The van der Waals surface area contributed by atoms with Crippen LogP contribution < -0.4 is 4.90 Å². The molecule has 0 aliphatic rings. The number of nitrogens with zero attached hydrogens (tertiary/aromatic N) is 1. The van der Waals surface area contributed by atoms with E-state index in [1.165, 1.54) is 0 Å². The molecular formula is C52H33NO. The van der Waals surface area contributed by atoms with Gasteiger partial charge in [0.25, 0.3) is 0 Å². The van der Waals surface area contributed by atoms with Crippen LogP contribution in [0.1, 0.15) is 5.48 Å². The summed E-state index contributed by atoms with van der Waals surface area (Å²) in [6, 6.07) is 58.6. The highest BCUT2D eigenvalue weighted by Crippen LogP contribution is 2.45. The molecule has 0 radical (unpaired) electrons. The normalized spacial score (nSPS) is 12.7. The molecule has 11 rings (SSSR count). The summed E-state index contributed by atoms with van der Waals surface area (Å²) in [6.45, 7) is 0. The quantitative estimate of drug-likeness (QED) is 0.167. The van der Waals surface area contributed by atoms with Crippen molar-refractivity contribution in [2.45, 2.75) is 0 Å². The van der Waals surface area contributed by atoms with Gasteiger partial charge in [0.15, 0.2) is 0 Å². The first-order valence-electron chi connectivity index (χ1n) is 20.2. The maximum absolute atomic E-state index is 9.73. The summed E-state index contributed by atoms with van der Waals surface area (Å²) in [5, 5.41) is 10.3. The number of furan rings is 1. The zero-order valence-corrected chi connectivity index (χ0v) is 29.1. The van der Waals surface area contributed by atoms with Gasteiger partial charge in [-0.05, 0) is 108 Å². The van der Waals surface area contributed by atoms with Crippen LogP contribution in [0.4, 0.5) is 17.1 Å². The lowest BCUT2D eigenvalue weighted by atomic mass is 9.97. The zero-order chi connectivity index (χ0) is 39.1. The van der Waals surface area contributed by atoms with Crippen LogP contribution in [0.3, 0.4) is 0 Å². The van der Waals surface area contributed by atoms with Crippen LogP contribution in [-0.2, 0) is 0 Å². The molecule has 0 aliphatic heterocycles. The first-order valence-corrected chi connectivity index (χ1v) is 18.2. The molecule has 0 fully saturated rings. The SMILES string of the molecule is [2H]c1c([2H])c(N(c2cccc(-c3cccc4ccccc34)c2)c2cccc3oc4c5ccccc5ccc4c23)c([2H])c([2H])c1-c1ccc2c(ccc3ccccc32)c1. The van der Waals surface area contributed by atoms with Crippen LogP contribution in [0.25, 0.3) is 87.3 Å². The monoisotopic (exact) mass is 691 g/mol. The van der Waals surface area contributed by atoms with Crippen LogP contribution in [0.5, 0.6) is 0 Å². The van der Waals surface area contributed by atoms with Gasteiger partial charge in [-0.3, -0.25) is 0 Å². The van der Waals surface area contributed by atoms with Crippen molar-refractivity contribution < 1.29 is 9.90 Å². The second-order valence-corrected chi connectivity index (χ2v) is 13.8. The summed E-state index contributed by atoms with van der Waals surface area (Å²) in [7, 11) is 0. The fraction of sp³-hybridized carbons (Fsp3) is 0. The van der Waals surface area contributed by atoms with Gasteiger partial charge in [0, 0.05) is 22.1 Å². The van der Waals surface area contributed by atoms with Gasteiger partial charge in [-0.1, -0.05) is 152 Å². The van der Waals surface area contributed by atoms with Gasteiger partial charge < -0.3 is 9.32 Å². The zero-order valence-electron chi connectivity index (χ0n) is 33.1. The third-order valence-electron chi connectivity index (χ3n) is 10.7. The Hall–Kier alpha value is -7.16. The third kappa shape index (κ3) is 4.88. The van der Waals surface area contributed by atoms with E-state index in [2.05, 4.69) is 91.0 Å². The maximum Gasteiger partial charge on any atom is 0.143 e. The molecule has 252 valence electrons. The minimum absolute atomic E-state index is 0.110. The van der Waals surface area contributed by atoms with Crippen molar-refractivity contribution in [3.63, 3.8) is 0 Å². The van der Waals surface area contributed by atoms with Gasteiger partial charge in [-0.2, -0.15) is 0 Å². The van der Waals surface area contributed by atoms with E-state index in [0.717, 1.165) is 70.6 Å². The number of anilines is 3. The number of rotatable bonds is 5. The van der Waals surface area contributed by atoms with E-state index in [9.17, 15) is 5.48 Å². The molecule has 54 heavy (non-hydrogen) atoms. The summed E-state index contributed by atoms with van der Waals surface area (Å²) < 4.78 is 45.2. The van der Waals surface area contributed by atoms with E-state index in [0.29, 0.717) is 22.5 Å². The molecule has 0 saturated carbocycles. The molecule has 2 heteroatoms. The Bertz CT molecular complexity index is 3440. The van der Waals surface area contributed by atoms with Gasteiger partial charge in [0.05, 0.1) is 16.6 Å². The van der Waals surface area contributed by atoms with Crippen LogP contribution >= 0.6 is 0 Å². The molecule has 0 spiro atoms. The van der Waals surface area contributed by atoms with Crippen molar-refractivity contribution in [2.75, 3.05) is 4.90 Å². The highest BCUT2D eigenvalue weighted by atomic mass is 16.3. The smallest absolute Gasteiger partial charge is 0.143 e. The van der Waals surface area contributed by atoms with E-state index in [4.69, 9.17) is 4.42 Å². The van der Waals surface area contributed by atoms with Crippen molar-refractivity contribution in [3.05, 3.63) is 200 Å². The van der Waals surface area contributed by atoms with Crippen molar-refractivity contribution in [1.29, 1.82) is 0 Å². The summed E-state index contributed by atoms with van der Waals surface area (Å²) in [5.74, 6) is 0. The van der Waals surface area contributed by atoms with Gasteiger partial charge in [0.1, 0.15) is 11.2 Å². The molecule has 10 aromatic carbocycles.